The molecule has 1 nitrogen and oxygen atoms in total. The van der Waals surface area contributed by atoms with Gasteiger partial charge in [-0.25, -0.2) is 0 Å². The van der Waals surface area contributed by atoms with Crippen LogP contribution in [0, 0.1) is 0 Å². The fraction of sp³-hybridized carbons (Fsp3) is 1.00. The Morgan fingerprint density at radius 2 is 1.78 bits per heavy atom. The van der Waals surface area contributed by atoms with E-state index in [1.165, 1.54) is 30.3 Å². The normalized spacial score (nSPS) is 23.7. The fourth-order valence-electron chi connectivity index (χ4n) is 0.879. The molecule has 0 atom stereocenters. The number of hydrogen-bond acceptors (Lipinski definition) is 1. The van der Waals surface area contributed by atoms with Crippen molar-refractivity contribution in [1.82, 2.24) is 4.90 Å². The third-order valence-corrected chi connectivity index (χ3v) is 8.78. The second kappa shape index (κ2) is 4.76. The van der Waals surface area contributed by atoms with Gasteiger partial charge in [0.05, 0.1) is 0 Å². The van der Waals surface area contributed by atoms with Gasteiger partial charge in [-0.2, -0.15) is 0 Å². The molecule has 1 rings (SSSR count). The topological polar surface area (TPSA) is 3.24 Å². The van der Waals surface area contributed by atoms with Gasteiger partial charge in [0.25, 0.3) is 0 Å². The van der Waals surface area contributed by atoms with Crippen LogP contribution < -0.4 is 0 Å². The van der Waals surface area contributed by atoms with Gasteiger partial charge in [0, 0.05) is 0 Å². The van der Waals surface area contributed by atoms with Crippen molar-refractivity contribution in [3.05, 3.63) is 0 Å². The van der Waals surface area contributed by atoms with E-state index in [0.717, 1.165) is 26.3 Å². The molecule has 0 unspecified atom stereocenters. The van der Waals surface area contributed by atoms with Crippen molar-refractivity contribution in [1.29, 1.82) is 0 Å². The average molecular weight is 257 g/mol. The summed E-state index contributed by atoms with van der Waals surface area (Å²) >= 11 is 2.08. The molecule has 1 fully saturated rings. The Kier molecular flexibility index (Phi) is 4.28. The Bertz CT molecular complexity index is 69.5. The van der Waals surface area contributed by atoms with Crippen molar-refractivity contribution in [2.24, 2.45) is 0 Å². The Balaban J connectivity index is 2.18. The molecular formula is C6H13NSe2. The van der Waals surface area contributed by atoms with Gasteiger partial charge in [0.15, 0.2) is 0 Å². The van der Waals surface area contributed by atoms with Crippen LogP contribution in [0.2, 0.25) is 10.6 Å². The van der Waals surface area contributed by atoms with Gasteiger partial charge in [-0.15, -0.1) is 0 Å². The standard InChI is InChI=1S/C6H13NSe2/c1-2-7-3-5-8-9-6-4-7/h2-6H2,1H3. The predicted molar refractivity (Wildman–Crippen MR) is 43.2 cm³/mol. The SMILES string of the molecule is CCN1CC[Se][Se]CC1. The zero-order chi connectivity index (χ0) is 6.53. The molecule has 1 aliphatic heterocycles. The Labute approximate surface area is 68.4 Å². The minimum absolute atomic E-state index is 1.04. The zero-order valence-electron chi connectivity index (χ0n) is 5.80. The molecule has 0 N–H and O–H groups in total. The maximum absolute atomic E-state index is 2.58. The van der Waals surface area contributed by atoms with Gasteiger partial charge >= 0.3 is 68.4 Å². The second-order valence-corrected chi connectivity index (χ2v) is 9.92. The number of nitrogens with zero attached hydrogens (tertiary/aromatic N) is 1. The summed E-state index contributed by atoms with van der Waals surface area (Å²) in [6, 6.07) is 0. The van der Waals surface area contributed by atoms with E-state index in [1.807, 2.05) is 0 Å². The molecule has 54 valence electrons. The first-order valence-corrected chi connectivity index (χ1v) is 10.2. The third kappa shape index (κ3) is 3.06. The van der Waals surface area contributed by atoms with E-state index in [2.05, 4.69) is 11.8 Å². The summed E-state index contributed by atoms with van der Waals surface area (Å²) in [5, 5.41) is 3.03. The quantitative estimate of drug-likeness (QED) is 0.618. The molecule has 1 heterocycles. The molecule has 1 aliphatic rings. The predicted octanol–water partition coefficient (Wildman–Crippen LogP) is 0.482. The minimum atomic E-state index is 1.04. The van der Waals surface area contributed by atoms with E-state index < -0.39 is 0 Å². The van der Waals surface area contributed by atoms with Gasteiger partial charge < -0.3 is 0 Å². The van der Waals surface area contributed by atoms with E-state index in [1.54, 1.807) is 0 Å². The van der Waals surface area contributed by atoms with Crippen LogP contribution in [-0.4, -0.2) is 50.8 Å². The summed E-state index contributed by atoms with van der Waals surface area (Å²) in [6.07, 6.45) is 0. The van der Waals surface area contributed by atoms with Crippen LogP contribution in [0.3, 0.4) is 0 Å². The van der Waals surface area contributed by atoms with E-state index in [4.69, 9.17) is 0 Å². The van der Waals surface area contributed by atoms with Crippen molar-refractivity contribution in [2.45, 2.75) is 17.6 Å². The van der Waals surface area contributed by atoms with Crippen LogP contribution >= 0.6 is 0 Å². The molecule has 0 aromatic heterocycles. The first kappa shape index (κ1) is 8.10. The Morgan fingerprint density at radius 3 is 2.22 bits per heavy atom. The second-order valence-electron chi connectivity index (χ2n) is 2.08. The first-order chi connectivity index (χ1) is 4.43. The molecule has 0 aliphatic carbocycles. The molecule has 0 aromatic rings. The van der Waals surface area contributed by atoms with E-state index in [0.29, 0.717) is 0 Å². The molecule has 0 bridgehead atoms. The summed E-state index contributed by atoms with van der Waals surface area (Å²) in [5.41, 5.74) is 0. The summed E-state index contributed by atoms with van der Waals surface area (Å²) < 4.78 is 0. The van der Waals surface area contributed by atoms with Crippen LogP contribution in [0.4, 0.5) is 0 Å². The Hall–Kier alpha value is 0.999. The monoisotopic (exact) mass is 259 g/mol. The first-order valence-electron chi connectivity index (χ1n) is 3.40. The molecule has 0 radical (unpaired) electrons. The van der Waals surface area contributed by atoms with E-state index in [-0.39, 0.29) is 0 Å². The van der Waals surface area contributed by atoms with Gasteiger partial charge in [-0.1, -0.05) is 0 Å². The number of hydrogen-bond donors (Lipinski definition) is 0. The summed E-state index contributed by atoms with van der Waals surface area (Å²) in [6.45, 7) is 6.31. The van der Waals surface area contributed by atoms with Crippen LogP contribution in [0.5, 0.6) is 0 Å². The molecular weight excluding hydrogens is 244 g/mol. The number of rotatable bonds is 1. The summed E-state index contributed by atoms with van der Waals surface area (Å²) in [7, 11) is 0. The average Bonchev–Trinajstić information content (AvgIpc) is 2.13. The fourth-order valence-corrected chi connectivity index (χ4v) is 6.96. The van der Waals surface area contributed by atoms with Crippen molar-refractivity contribution in [3.8, 4) is 0 Å². The summed E-state index contributed by atoms with van der Waals surface area (Å²) in [4.78, 5) is 2.58. The van der Waals surface area contributed by atoms with Crippen LogP contribution in [-0.2, 0) is 0 Å². The van der Waals surface area contributed by atoms with E-state index >= 15 is 0 Å². The molecule has 9 heavy (non-hydrogen) atoms. The van der Waals surface area contributed by atoms with Crippen molar-refractivity contribution >= 4 is 26.3 Å². The van der Waals surface area contributed by atoms with Crippen molar-refractivity contribution in [2.75, 3.05) is 19.6 Å². The molecule has 0 spiro atoms. The summed E-state index contributed by atoms with van der Waals surface area (Å²) in [5.74, 6) is 0. The van der Waals surface area contributed by atoms with E-state index in [9.17, 15) is 0 Å². The molecule has 0 aromatic carbocycles. The van der Waals surface area contributed by atoms with Crippen LogP contribution in [0.15, 0.2) is 0 Å². The molecule has 3 heteroatoms. The molecule has 1 saturated heterocycles. The molecule has 0 amide bonds. The van der Waals surface area contributed by atoms with Gasteiger partial charge in [0.1, 0.15) is 0 Å². The van der Waals surface area contributed by atoms with Crippen molar-refractivity contribution in [3.63, 3.8) is 0 Å². The van der Waals surface area contributed by atoms with Gasteiger partial charge in [-0.05, 0) is 0 Å². The van der Waals surface area contributed by atoms with Gasteiger partial charge in [-0.3, -0.25) is 0 Å². The Morgan fingerprint density at radius 1 is 1.22 bits per heavy atom. The van der Waals surface area contributed by atoms with Gasteiger partial charge in [0.2, 0.25) is 0 Å². The van der Waals surface area contributed by atoms with Crippen LogP contribution in [0.25, 0.3) is 0 Å². The van der Waals surface area contributed by atoms with Crippen LogP contribution in [0.1, 0.15) is 6.92 Å². The zero-order valence-corrected chi connectivity index (χ0v) is 9.23. The maximum atomic E-state index is 2.58. The third-order valence-electron chi connectivity index (χ3n) is 1.51. The molecule has 0 saturated carbocycles. The van der Waals surface area contributed by atoms with Crippen molar-refractivity contribution < 1.29 is 0 Å².